The SMILES string of the molecule is C=C(C)/C=C(\N(N)C(C)=O)C(C)(F)F.C=C(O)COC(=O)C1(C)CC1C.Cc1cc(C)c(Cl)cc1F. The van der Waals surface area contributed by atoms with E-state index in [1.165, 1.54) is 6.07 Å². The van der Waals surface area contributed by atoms with E-state index in [1.54, 1.807) is 19.9 Å². The van der Waals surface area contributed by atoms with Gasteiger partial charge in [-0.3, -0.25) is 9.59 Å². The molecule has 0 aliphatic heterocycles. The molecule has 1 saturated carbocycles. The lowest BCUT2D eigenvalue weighted by molar-refractivity contribution is -0.149. The van der Waals surface area contributed by atoms with Crippen LogP contribution in [0.4, 0.5) is 13.2 Å². The Morgan fingerprint density at radius 2 is 1.81 bits per heavy atom. The van der Waals surface area contributed by atoms with Crippen molar-refractivity contribution in [2.75, 3.05) is 6.61 Å². The van der Waals surface area contributed by atoms with Crippen LogP contribution in [0.15, 0.2) is 48.4 Å². The highest BCUT2D eigenvalue weighted by atomic mass is 35.5. The number of aryl methyl sites for hydroxylation is 2. The van der Waals surface area contributed by atoms with E-state index in [9.17, 15) is 22.8 Å². The van der Waals surface area contributed by atoms with Gasteiger partial charge in [0.05, 0.1) is 5.41 Å². The van der Waals surface area contributed by atoms with Crippen molar-refractivity contribution in [1.29, 1.82) is 0 Å². The molecule has 0 spiro atoms. The molecule has 0 radical (unpaired) electrons. The zero-order chi connectivity index (χ0) is 28.6. The molecule has 0 heterocycles. The van der Waals surface area contributed by atoms with Crippen LogP contribution in [-0.2, 0) is 14.3 Å². The van der Waals surface area contributed by atoms with E-state index in [-0.39, 0.29) is 29.6 Å². The van der Waals surface area contributed by atoms with Crippen molar-refractivity contribution in [2.24, 2.45) is 17.2 Å². The molecule has 0 aromatic heterocycles. The van der Waals surface area contributed by atoms with Crippen molar-refractivity contribution < 1.29 is 32.6 Å². The van der Waals surface area contributed by atoms with Crippen LogP contribution in [0.2, 0.25) is 5.02 Å². The quantitative estimate of drug-likeness (QED) is 0.108. The van der Waals surface area contributed by atoms with E-state index >= 15 is 0 Å². The van der Waals surface area contributed by atoms with Gasteiger partial charge in [-0.05, 0) is 63.3 Å². The topological polar surface area (TPSA) is 92.9 Å². The molecule has 1 fully saturated rings. The third kappa shape index (κ3) is 10.9. The zero-order valence-corrected chi connectivity index (χ0v) is 22.6. The molecule has 1 amide bonds. The van der Waals surface area contributed by atoms with Crippen LogP contribution in [0.1, 0.15) is 52.2 Å². The summed E-state index contributed by atoms with van der Waals surface area (Å²) in [6.45, 7) is 17.4. The standard InChI is InChI=1S/C9H14F2N2O.C9H14O3.C8H8ClF/c1-6(2)5-8(9(4,10)11)13(12)7(3)14;1-6-4-9(6,3)8(11)12-5-7(2)10;1-5-3-6(2)8(10)4-7(5)9/h5H,1,12H2,2-4H3;6,10H,2,4-5H2,1,3H3;3-4H,1-2H3/b8-5-;;. The summed E-state index contributed by atoms with van der Waals surface area (Å²) < 4.78 is 43.4. The van der Waals surface area contributed by atoms with Gasteiger partial charge in [-0.25, -0.2) is 15.2 Å². The normalized spacial score (nSPS) is 18.6. The van der Waals surface area contributed by atoms with Crippen LogP contribution in [0.5, 0.6) is 0 Å². The molecule has 2 rings (SSSR count). The number of ether oxygens (including phenoxy) is 1. The van der Waals surface area contributed by atoms with Gasteiger partial charge >= 0.3 is 5.97 Å². The predicted octanol–water partition coefficient (Wildman–Crippen LogP) is 6.57. The molecule has 1 aliphatic carbocycles. The fraction of sp³-hybridized carbons (Fsp3) is 0.462. The Hall–Kier alpha value is -2.78. The van der Waals surface area contributed by atoms with Crippen molar-refractivity contribution in [3.63, 3.8) is 0 Å². The van der Waals surface area contributed by atoms with Crippen molar-refractivity contribution in [2.45, 2.75) is 60.8 Å². The van der Waals surface area contributed by atoms with Gasteiger partial charge < -0.3 is 9.84 Å². The first kappa shape index (κ1) is 33.2. The van der Waals surface area contributed by atoms with Gasteiger partial charge in [0.25, 0.3) is 5.92 Å². The van der Waals surface area contributed by atoms with Crippen LogP contribution in [0.3, 0.4) is 0 Å². The summed E-state index contributed by atoms with van der Waals surface area (Å²) >= 11 is 5.65. The van der Waals surface area contributed by atoms with E-state index in [2.05, 4.69) is 13.2 Å². The summed E-state index contributed by atoms with van der Waals surface area (Å²) in [7, 11) is 0. The largest absolute Gasteiger partial charge is 0.509 e. The number of amides is 1. The Balaban J connectivity index is 0.000000516. The van der Waals surface area contributed by atoms with Gasteiger partial charge in [0.15, 0.2) is 0 Å². The minimum atomic E-state index is -3.17. The van der Waals surface area contributed by atoms with Gasteiger partial charge in [0.1, 0.15) is 23.9 Å². The molecule has 202 valence electrons. The number of halogens is 4. The molecule has 10 heteroatoms. The Bertz CT molecular complexity index is 971. The molecule has 1 aliphatic rings. The van der Waals surface area contributed by atoms with E-state index in [4.69, 9.17) is 27.3 Å². The lowest BCUT2D eigenvalue weighted by atomic mass is 10.1. The van der Waals surface area contributed by atoms with Crippen LogP contribution >= 0.6 is 11.6 Å². The van der Waals surface area contributed by atoms with E-state index in [1.807, 2.05) is 20.8 Å². The number of hydrogen-bond acceptors (Lipinski definition) is 5. The Morgan fingerprint density at radius 3 is 2.14 bits per heavy atom. The summed E-state index contributed by atoms with van der Waals surface area (Å²) in [4.78, 5) is 22.1. The third-order valence-electron chi connectivity index (χ3n) is 5.37. The third-order valence-corrected chi connectivity index (χ3v) is 5.77. The van der Waals surface area contributed by atoms with Crippen LogP contribution < -0.4 is 5.84 Å². The van der Waals surface area contributed by atoms with Crippen molar-refractivity contribution in [1.82, 2.24) is 5.01 Å². The number of carbonyl (C=O) groups is 2. The summed E-state index contributed by atoms with van der Waals surface area (Å²) in [5.41, 5.74) is 1.09. The number of hydrogen-bond donors (Lipinski definition) is 2. The highest BCUT2D eigenvalue weighted by molar-refractivity contribution is 6.31. The summed E-state index contributed by atoms with van der Waals surface area (Å²) in [6.07, 6.45) is 1.96. The first-order chi connectivity index (χ1) is 16.2. The monoisotopic (exact) mass is 532 g/mol. The van der Waals surface area contributed by atoms with E-state index in [0.717, 1.165) is 25.0 Å². The fourth-order valence-electron chi connectivity index (χ4n) is 2.79. The maximum atomic E-state index is 13.0. The fourth-order valence-corrected chi connectivity index (χ4v) is 2.94. The second-order valence-corrected chi connectivity index (χ2v) is 9.58. The molecule has 3 N–H and O–H groups in total. The molecule has 36 heavy (non-hydrogen) atoms. The number of nitrogens with two attached hydrogens (primary N) is 1. The van der Waals surface area contributed by atoms with Gasteiger partial charge in [-0.15, -0.1) is 0 Å². The van der Waals surface area contributed by atoms with Crippen molar-refractivity contribution in [3.05, 3.63) is 70.4 Å². The molecule has 0 bridgehead atoms. The summed E-state index contributed by atoms with van der Waals surface area (Å²) in [6, 6.07) is 3.07. The summed E-state index contributed by atoms with van der Waals surface area (Å²) in [5, 5.41) is 9.60. The lowest BCUT2D eigenvalue weighted by Gasteiger charge is -2.23. The van der Waals surface area contributed by atoms with Gasteiger partial charge in [-0.2, -0.15) is 8.78 Å². The smallest absolute Gasteiger partial charge is 0.312 e. The number of aliphatic hydroxyl groups excluding tert-OH is 1. The number of rotatable bonds is 6. The van der Waals surface area contributed by atoms with Gasteiger partial charge in [0.2, 0.25) is 5.91 Å². The Kier molecular flexibility index (Phi) is 12.5. The number of nitrogens with zero attached hydrogens (tertiary/aromatic N) is 1. The number of carbonyl (C=O) groups excluding carboxylic acids is 2. The number of alkyl halides is 2. The zero-order valence-electron chi connectivity index (χ0n) is 21.8. The highest BCUT2D eigenvalue weighted by Crippen LogP contribution is 2.52. The average molecular weight is 533 g/mol. The molecule has 6 nitrogen and oxygen atoms in total. The van der Waals surface area contributed by atoms with Crippen LogP contribution in [0, 0.1) is 31.0 Å². The van der Waals surface area contributed by atoms with Crippen LogP contribution in [0.25, 0.3) is 0 Å². The van der Waals surface area contributed by atoms with Crippen LogP contribution in [-0.4, -0.2) is 34.5 Å². The molecular formula is C26H36ClF3N2O4. The second-order valence-electron chi connectivity index (χ2n) is 9.17. The van der Waals surface area contributed by atoms with E-state index < -0.39 is 17.5 Å². The maximum absolute atomic E-state index is 13.0. The van der Waals surface area contributed by atoms with Crippen molar-refractivity contribution in [3.8, 4) is 0 Å². The highest BCUT2D eigenvalue weighted by Gasteiger charge is 2.54. The summed E-state index contributed by atoms with van der Waals surface area (Å²) in [5.74, 6) is 1.19. The van der Waals surface area contributed by atoms with Crippen molar-refractivity contribution >= 4 is 23.5 Å². The number of benzene rings is 1. The first-order valence-electron chi connectivity index (χ1n) is 11.0. The van der Waals surface area contributed by atoms with E-state index in [0.29, 0.717) is 34.0 Å². The number of allylic oxidation sites excluding steroid dienone is 3. The Morgan fingerprint density at radius 1 is 1.31 bits per heavy atom. The molecule has 2 unspecified atom stereocenters. The molecule has 1 aromatic rings. The molecule has 2 atom stereocenters. The average Bonchev–Trinajstić information content (AvgIpc) is 3.35. The second kappa shape index (κ2) is 13.5. The number of hydrazine groups is 1. The molecule has 1 aromatic carbocycles. The first-order valence-corrected chi connectivity index (χ1v) is 11.4. The molecular weight excluding hydrogens is 497 g/mol. The minimum Gasteiger partial charge on any atom is -0.509 e. The van der Waals surface area contributed by atoms with Gasteiger partial charge in [0, 0.05) is 18.9 Å². The number of esters is 1. The van der Waals surface area contributed by atoms with Gasteiger partial charge in [-0.1, -0.05) is 43.3 Å². The molecule has 0 saturated heterocycles. The Labute approximate surface area is 216 Å². The lowest BCUT2D eigenvalue weighted by Crippen LogP contribution is -2.41. The predicted molar refractivity (Wildman–Crippen MR) is 136 cm³/mol. The maximum Gasteiger partial charge on any atom is 0.312 e. The minimum absolute atomic E-state index is 0.0822. The number of aliphatic hydroxyl groups is 1.